The fraction of sp³-hybridized carbons (Fsp3) is 0.500. The second-order valence-electron chi connectivity index (χ2n) is 6.59. The number of nitrogens with zero attached hydrogens (tertiary/aromatic N) is 2. The third kappa shape index (κ3) is 3.13. The molecular weight excluding hydrogens is 308 g/mol. The molecule has 2 aliphatic heterocycles. The molecule has 1 aromatic carbocycles. The Morgan fingerprint density at radius 1 is 1.29 bits per heavy atom. The lowest BCUT2D eigenvalue weighted by Gasteiger charge is -2.35. The topological polar surface area (TPSA) is 66.9 Å². The number of fused-ring (bicyclic) bond motifs is 1. The zero-order valence-electron chi connectivity index (χ0n) is 14.0. The van der Waals surface area contributed by atoms with Crippen LogP contribution in [0.4, 0.5) is 5.69 Å². The highest BCUT2D eigenvalue weighted by molar-refractivity contribution is 6.04. The van der Waals surface area contributed by atoms with Gasteiger partial charge in [-0.2, -0.15) is 0 Å². The summed E-state index contributed by atoms with van der Waals surface area (Å²) in [4.78, 5) is 39.4. The van der Waals surface area contributed by atoms with Gasteiger partial charge in [-0.05, 0) is 43.9 Å². The molecule has 0 bridgehead atoms. The van der Waals surface area contributed by atoms with Gasteiger partial charge in [0.1, 0.15) is 18.6 Å². The zero-order chi connectivity index (χ0) is 17.3. The Kier molecular flexibility index (Phi) is 4.55. The van der Waals surface area contributed by atoms with Gasteiger partial charge in [-0.25, -0.2) is 0 Å². The molecule has 0 aromatic heterocycles. The first kappa shape index (κ1) is 16.5. The van der Waals surface area contributed by atoms with Gasteiger partial charge >= 0.3 is 0 Å². The van der Waals surface area contributed by atoms with Crippen molar-refractivity contribution in [3.63, 3.8) is 0 Å². The second kappa shape index (κ2) is 6.63. The van der Waals surface area contributed by atoms with Gasteiger partial charge in [0.2, 0.25) is 5.91 Å². The number of carbonyl (C=O) groups excluding carboxylic acids is 3. The predicted molar refractivity (Wildman–Crippen MR) is 89.3 cm³/mol. The molecule has 0 N–H and O–H groups in total. The molecule has 1 aromatic rings. The van der Waals surface area contributed by atoms with Crippen LogP contribution in [0.3, 0.4) is 0 Å². The lowest BCUT2D eigenvalue weighted by atomic mass is 9.99. The molecule has 2 heterocycles. The number of piperidine rings is 1. The maximum absolute atomic E-state index is 12.6. The molecule has 24 heavy (non-hydrogen) atoms. The van der Waals surface area contributed by atoms with Crippen LogP contribution in [0.15, 0.2) is 18.2 Å². The lowest BCUT2D eigenvalue weighted by molar-refractivity contribution is -0.134. The first-order valence-electron chi connectivity index (χ1n) is 8.34. The Morgan fingerprint density at radius 3 is 2.67 bits per heavy atom. The summed E-state index contributed by atoms with van der Waals surface area (Å²) >= 11 is 0. The number of aldehydes is 1. The van der Waals surface area contributed by atoms with Crippen molar-refractivity contribution in [2.24, 2.45) is 5.92 Å². The van der Waals surface area contributed by atoms with Crippen LogP contribution in [0.2, 0.25) is 0 Å². The van der Waals surface area contributed by atoms with Crippen LogP contribution in [0.25, 0.3) is 0 Å². The third-order valence-corrected chi connectivity index (χ3v) is 4.76. The maximum atomic E-state index is 12.6. The van der Waals surface area contributed by atoms with Crippen molar-refractivity contribution < 1.29 is 19.1 Å². The standard InChI is InChI=1S/C18H22N2O4/c1-12-5-7-19(8-6-12)17(22)10-20-15-9-14(11-21)3-4-16(15)24-13(2)18(20)23/h3-4,9,11-13H,5-8,10H2,1-2H3. The summed E-state index contributed by atoms with van der Waals surface area (Å²) in [6.45, 7) is 5.30. The van der Waals surface area contributed by atoms with Gasteiger partial charge in [-0.3, -0.25) is 19.3 Å². The number of benzene rings is 1. The van der Waals surface area contributed by atoms with E-state index in [0.717, 1.165) is 32.2 Å². The molecule has 1 atom stereocenters. The molecule has 1 saturated heterocycles. The molecule has 3 rings (SSSR count). The summed E-state index contributed by atoms with van der Waals surface area (Å²) in [6.07, 6.45) is 2.05. The van der Waals surface area contributed by atoms with Crippen molar-refractivity contribution in [2.45, 2.75) is 32.8 Å². The van der Waals surface area contributed by atoms with Crippen molar-refractivity contribution in [1.29, 1.82) is 0 Å². The van der Waals surface area contributed by atoms with Gasteiger partial charge < -0.3 is 9.64 Å². The van der Waals surface area contributed by atoms with E-state index in [2.05, 4.69) is 6.92 Å². The van der Waals surface area contributed by atoms with E-state index in [9.17, 15) is 14.4 Å². The van der Waals surface area contributed by atoms with E-state index in [4.69, 9.17) is 4.74 Å². The Morgan fingerprint density at radius 2 is 2.00 bits per heavy atom. The fourth-order valence-electron chi connectivity index (χ4n) is 3.15. The monoisotopic (exact) mass is 330 g/mol. The third-order valence-electron chi connectivity index (χ3n) is 4.76. The van der Waals surface area contributed by atoms with E-state index in [1.807, 2.05) is 4.90 Å². The van der Waals surface area contributed by atoms with E-state index in [1.54, 1.807) is 25.1 Å². The van der Waals surface area contributed by atoms with Crippen LogP contribution < -0.4 is 9.64 Å². The van der Waals surface area contributed by atoms with Gasteiger partial charge in [0.25, 0.3) is 5.91 Å². The molecule has 0 saturated carbocycles. The van der Waals surface area contributed by atoms with Crippen molar-refractivity contribution in [3.8, 4) is 5.75 Å². The smallest absolute Gasteiger partial charge is 0.268 e. The maximum Gasteiger partial charge on any atom is 0.268 e. The highest BCUT2D eigenvalue weighted by Gasteiger charge is 2.34. The molecule has 6 nitrogen and oxygen atoms in total. The van der Waals surface area contributed by atoms with E-state index < -0.39 is 6.10 Å². The second-order valence-corrected chi connectivity index (χ2v) is 6.59. The normalized spacial score (nSPS) is 21.2. The average Bonchev–Trinajstić information content (AvgIpc) is 2.59. The number of rotatable bonds is 3. The van der Waals surface area contributed by atoms with Gasteiger partial charge in [0, 0.05) is 18.7 Å². The van der Waals surface area contributed by atoms with Crippen LogP contribution >= 0.6 is 0 Å². The average molecular weight is 330 g/mol. The molecule has 2 amide bonds. The van der Waals surface area contributed by atoms with Crippen molar-refractivity contribution in [1.82, 2.24) is 4.90 Å². The quantitative estimate of drug-likeness (QED) is 0.794. The van der Waals surface area contributed by atoms with Gasteiger partial charge in [-0.1, -0.05) is 6.92 Å². The summed E-state index contributed by atoms with van der Waals surface area (Å²) in [5.41, 5.74) is 0.936. The number of ether oxygens (including phenoxy) is 1. The van der Waals surface area contributed by atoms with E-state index in [1.165, 1.54) is 4.90 Å². The van der Waals surface area contributed by atoms with E-state index in [-0.39, 0.29) is 18.4 Å². The summed E-state index contributed by atoms with van der Waals surface area (Å²) < 4.78 is 5.58. The lowest BCUT2D eigenvalue weighted by Crippen LogP contribution is -2.50. The van der Waals surface area contributed by atoms with Crippen molar-refractivity contribution >= 4 is 23.8 Å². The van der Waals surface area contributed by atoms with Crippen molar-refractivity contribution in [3.05, 3.63) is 23.8 Å². The molecule has 2 aliphatic rings. The Bertz CT molecular complexity index is 665. The number of hydrogen-bond acceptors (Lipinski definition) is 4. The van der Waals surface area contributed by atoms with Crippen LogP contribution in [-0.2, 0) is 9.59 Å². The molecular formula is C18H22N2O4. The minimum atomic E-state index is -0.645. The summed E-state index contributed by atoms with van der Waals surface area (Å²) in [5, 5.41) is 0. The first-order chi connectivity index (χ1) is 11.5. The van der Waals surface area contributed by atoms with Crippen LogP contribution in [-0.4, -0.2) is 48.7 Å². The van der Waals surface area contributed by atoms with Gasteiger partial charge in [0.05, 0.1) is 5.69 Å². The van der Waals surface area contributed by atoms with Crippen LogP contribution in [0.5, 0.6) is 5.75 Å². The van der Waals surface area contributed by atoms with E-state index >= 15 is 0 Å². The highest BCUT2D eigenvalue weighted by Crippen LogP contribution is 2.34. The zero-order valence-corrected chi connectivity index (χ0v) is 14.0. The molecule has 128 valence electrons. The Balaban J connectivity index is 1.82. The molecule has 1 unspecified atom stereocenters. The number of likely N-dealkylation sites (tertiary alicyclic amines) is 1. The summed E-state index contributed by atoms with van der Waals surface area (Å²) in [7, 11) is 0. The van der Waals surface area contributed by atoms with E-state index in [0.29, 0.717) is 22.9 Å². The molecule has 0 spiro atoms. The number of anilines is 1. The van der Waals surface area contributed by atoms with Gasteiger partial charge in [-0.15, -0.1) is 0 Å². The summed E-state index contributed by atoms with van der Waals surface area (Å²) in [6, 6.07) is 4.90. The minimum absolute atomic E-state index is 0.0176. The SMILES string of the molecule is CC1CCN(C(=O)CN2C(=O)C(C)Oc3ccc(C=O)cc32)CC1. The number of hydrogen-bond donors (Lipinski definition) is 0. The minimum Gasteiger partial charge on any atom is -0.479 e. The predicted octanol–water partition coefficient (Wildman–Crippen LogP) is 1.87. The van der Waals surface area contributed by atoms with Crippen LogP contribution in [0.1, 0.15) is 37.0 Å². The fourth-order valence-corrected chi connectivity index (χ4v) is 3.15. The molecule has 0 radical (unpaired) electrons. The largest absolute Gasteiger partial charge is 0.479 e. The van der Waals surface area contributed by atoms with Crippen molar-refractivity contribution in [2.75, 3.05) is 24.5 Å². The molecule has 1 fully saturated rings. The summed E-state index contributed by atoms with van der Waals surface area (Å²) in [5.74, 6) is 0.832. The first-order valence-corrected chi connectivity index (χ1v) is 8.34. The number of amides is 2. The Labute approximate surface area is 141 Å². The van der Waals surface area contributed by atoms with Crippen LogP contribution in [0, 0.1) is 5.92 Å². The highest BCUT2D eigenvalue weighted by atomic mass is 16.5. The molecule has 6 heteroatoms. The van der Waals surface area contributed by atoms with Gasteiger partial charge in [0.15, 0.2) is 6.10 Å². The number of carbonyl (C=O) groups is 3. The molecule has 0 aliphatic carbocycles. The Hall–Kier alpha value is -2.37.